The molecule has 0 aliphatic heterocycles. The molecule has 1 unspecified atom stereocenters. The standard InChI is InChI=1S/C25H21N3O2/c29-24(27-23-11-5-7-17-6-1-2-8-20(17)23)18-12-14-19(15-13-18)28-16-26-22-10-4-3-9-21(22)25(28)30/h1-4,6,8-10,12-16,23H,5,7,11H2,(H,27,29). The lowest BCUT2D eigenvalue weighted by Crippen LogP contribution is -2.31. The monoisotopic (exact) mass is 395 g/mol. The molecule has 0 saturated carbocycles. The van der Waals surface area contributed by atoms with E-state index in [-0.39, 0.29) is 17.5 Å². The molecular weight excluding hydrogens is 374 g/mol. The van der Waals surface area contributed by atoms with Crippen LogP contribution in [0.2, 0.25) is 0 Å². The van der Waals surface area contributed by atoms with Crippen molar-refractivity contribution in [2.45, 2.75) is 25.3 Å². The van der Waals surface area contributed by atoms with Gasteiger partial charge in [-0.05, 0) is 66.8 Å². The van der Waals surface area contributed by atoms with Gasteiger partial charge >= 0.3 is 0 Å². The van der Waals surface area contributed by atoms with Gasteiger partial charge in [0.25, 0.3) is 11.5 Å². The number of rotatable bonds is 3. The van der Waals surface area contributed by atoms with Crippen LogP contribution in [0, 0.1) is 0 Å². The Morgan fingerprint density at radius 2 is 1.73 bits per heavy atom. The molecule has 148 valence electrons. The van der Waals surface area contributed by atoms with Crippen molar-refractivity contribution in [1.29, 1.82) is 0 Å². The highest BCUT2D eigenvalue weighted by molar-refractivity contribution is 5.94. The number of carbonyl (C=O) groups excluding carboxylic acids is 1. The van der Waals surface area contributed by atoms with E-state index < -0.39 is 0 Å². The van der Waals surface area contributed by atoms with Gasteiger partial charge in [-0.1, -0.05) is 36.4 Å². The van der Waals surface area contributed by atoms with E-state index in [1.165, 1.54) is 22.0 Å². The van der Waals surface area contributed by atoms with E-state index in [2.05, 4.69) is 22.4 Å². The highest BCUT2D eigenvalue weighted by Gasteiger charge is 2.21. The van der Waals surface area contributed by atoms with E-state index in [0.717, 1.165) is 19.3 Å². The molecule has 5 rings (SSSR count). The maximum absolute atomic E-state index is 12.8. The fourth-order valence-corrected chi connectivity index (χ4v) is 4.17. The molecule has 5 heteroatoms. The Labute approximate surface area is 174 Å². The third-order valence-electron chi connectivity index (χ3n) is 5.75. The number of hydrogen-bond acceptors (Lipinski definition) is 3. The van der Waals surface area contributed by atoms with Gasteiger partial charge in [-0.15, -0.1) is 0 Å². The van der Waals surface area contributed by atoms with Crippen LogP contribution in [0.15, 0.2) is 83.9 Å². The van der Waals surface area contributed by atoms with Crippen LogP contribution in [0.5, 0.6) is 0 Å². The molecule has 1 aromatic heterocycles. The number of amides is 1. The summed E-state index contributed by atoms with van der Waals surface area (Å²) in [6.07, 6.45) is 4.60. The van der Waals surface area contributed by atoms with E-state index >= 15 is 0 Å². The number of nitrogens with zero attached hydrogens (tertiary/aromatic N) is 2. The zero-order chi connectivity index (χ0) is 20.5. The molecule has 1 atom stereocenters. The molecule has 3 aromatic carbocycles. The lowest BCUT2D eigenvalue weighted by molar-refractivity contribution is 0.0933. The first-order valence-electron chi connectivity index (χ1n) is 10.2. The smallest absolute Gasteiger partial charge is 0.265 e. The van der Waals surface area contributed by atoms with Crippen molar-refractivity contribution in [1.82, 2.24) is 14.9 Å². The topological polar surface area (TPSA) is 64.0 Å². The van der Waals surface area contributed by atoms with E-state index in [0.29, 0.717) is 22.2 Å². The first-order valence-corrected chi connectivity index (χ1v) is 10.2. The summed E-state index contributed by atoms with van der Waals surface area (Å²) in [5.74, 6) is -0.104. The zero-order valence-corrected chi connectivity index (χ0v) is 16.4. The summed E-state index contributed by atoms with van der Waals surface area (Å²) in [7, 11) is 0. The SMILES string of the molecule is O=C(NC1CCCc2ccccc21)c1ccc(-n2cnc3ccccc3c2=O)cc1. The van der Waals surface area contributed by atoms with Crippen molar-refractivity contribution in [3.63, 3.8) is 0 Å². The van der Waals surface area contributed by atoms with Gasteiger partial charge in [0.1, 0.15) is 6.33 Å². The van der Waals surface area contributed by atoms with Gasteiger partial charge < -0.3 is 5.32 Å². The summed E-state index contributed by atoms with van der Waals surface area (Å²) < 4.78 is 1.50. The molecular formula is C25H21N3O2. The van der Waals surface area contributed by atoms with Crippen molar-refractivity contribution >= 4 is 16.8 Å². The number of benzene rings is 3. The van der Waals surface area contributed by atoms with Gasteiger partial charge in [0.05, 0.1) is 22.6 Å². The lowest BCUT2D eigenvalue weighted by Gasteiger charge is -2.26. The molecule has 0 radical (unpaired) electrons. The summed E-state index contributed by atoms with van der Waals surface area (Å²) in [6.45, 7) is 0. The third kappa shape index (κ3) is 3.28. The molecule has 1 heterocycles. The van der Waals surface area contributed by atoms with Crippen molar-refractivity contribution in [2.24, 2.45) is 0 Å². The normalized spacial score (nSPS) is 15.5. The second kappa shape index (κ2) is 7.59. The Morgan fingerprint density at radius 3 is 2.60 bits per heavy atom. The lowest BCUT2D eigenvalue weighted by atomic mass is 9.87. The van der Waals surface area contributed by atoms with Crippen molar-refractivity contribution < 1.29 is 4.79 Å². The number of aryl methyl sites for hydroxylation is 1. The fraction of sp³-hybridized carbons (Fsp3) is 0.160. The number of carbonyl (C=O) groups is 1. The van der Waals surface area contributed by atoms with Crippen LogP contribution in [-0.2, 0) is 6.42 Å². The average Bonchev–Trinajstić information content (AvgIpc) is 2.80. The van der Waals surface area contributed by atoms with Gasteiger partial charge in [-0.3, -0.25) is 14.2 Å². The van der Waals surface area contributed by atoms with E-state index in [4.69, 9.17) is 0 Å². The van der Waals surface area contributed by atoms with Crippen LogP contribution in [0.1, 0.15) is 40.4 Å². The molecule has 1 amide bonds. The molecule has 0 fully saturated rings. The highest BCUT2D eigenvalue weighted by Crippen LogP contribution is 2.29. The molecule has 1 N–H and O–H groups in total. The van der Waals surface area contributed by atoms with Gasteiger partial charge in [-0.25, -0.2) is 4.98 Å². The Morgan fingerprint density at radius 1 is 0.967 bits per heavy atom. The molecule has 0 bridgehead atoms. The van der Waals surface area contributed by atoms with Crippen LogP contribution in [0.4, 0.5) is 0 Å². The van der Waals surface area contributed by atoms with Crippen LogP contribution >= 0.6 is 0 Å². The summed E-state index contributed by atoms with van der Waals surface area (Å²) in [5.41, 5.74) is 4.32. The second-order valence-corrected chi connectivity index (χ2v) is 7.60. The quantitative estimate of drug-likeness (QED) is 0.566. The molecule has 1 aliphatic carbocycles. The Bertz CT molecular complexity index is 1290. The predicted octanol–water partition coefficient (Wildman–Crippen LogP) is 4.19. The number of aromatic nitrogens is 2. The van der Waals surface area contributed by atoms with Gasteiger partial charge in [-0.2, -0.15) is 0 Å². The maximum Gasteiger partial charge on any atom is 0.265 e. The van der Waals surface area contributed by atoms with Crippen LogP contribution in [-0.4, -0.2) is 15.5 Å². The number of nitrogens with one attached hydrogen (secondary N) is 1. The largest absolute Gasteiger partial charge is 0.345 e. The molecule has 30 heavy (non-hydrogen) atoms. The van der Waals surface area contributed by atoms with Gasteiger partial charge in [0, 0.05) is 5.56 Å². The molecule has 0 spiro atoms. The number of para-hydroxylation sites is 1. The fourth-order valence-electron chi connectivity index (χ4n) is 4.17. The third-order valence-corrected chi connectivity index (χ3v) is 5.75. The van der Waals surface area contributed by atoms with Crippen molar-refractivity contribution in [3.8, 4) is 5.69 Å². The number of fused-ring (bicyclic) bond motifs is 2. The molecule has 5 nitrogen and oxygen atoms in total. The second-order valence-electron chi connectivity index (χ2n) is 7.60. The van der Waals surface area contributed by atoms with E-state index in [1.807, 2.05) is 30.3 Å². The van der Waals surface area contributed by atoms with Crippen LogP contribution < -0.4 is 10.9 Å². The maximum atomic E-state index is 12.8. The Kier molecular flexibility index (Phi) is 4.64. The minimum absolute atomic E-state index is 0.0365. The first-order chi connectivity index (χ1) is 14.7. The summed E-state index contributed by atoms with van der Waals surface area (Å²) in [4.78, 5) is 29.9. The minimum atomic E-state index is -0.128. The van der Waals surface area contributed by atoms with E-state index in [1.54, 1.807) is 30.3 Å². The number of hydrogen-bond donors (Lipinski definition) is 1. The summed E-state index contributed by atoms with van der Waals surface area (Å²) in [6, 6.07) is 22.7. The highest BCUT2D eigenvalue weighted by atomic mass is 16.1. The Hall–Kier alpha value is -3.73. The molecule has 4 aromatic rings. The van der Waals surface area contributed by atoms with E-state index in [9.17, 15) is 9.59 Å². The van der Waals surface area contributed by atoms with Crippen molar-refractivity contribution in [3.05, 3.63) is 106 Å². The predicted molar refractivity (Wildman–Crippen MR) is 117 cm³/mol. The summed E-state index contributed by atoms with van der Waals surface area (Å²) in [5, 5.41) is 3.73. The van der Waals surface area contributed by atoms with Crippen molar-refractivity contribution in [2.75, 3.05) is 0 Å². The van der Waals surface area contributed by atoms with Crippen LogP contribution in [0.3, 0.4) is 0 Å². The Balaban J connectivity index is 1.39. The average molecular weight is 395 g/mol. The van der Waals surface area contributed by atoms with Gasteiger partial charge in [0.2, 0.25) is 0 Å². The van der Waals surface area contributed by atoms with Gasteiger partial charge in [0.15, 0.2) is 0 Å². The zero-order valence-electron chi connectivity index (χ0n) is 16.4. The molecule has 0 saturated heterocycles. The summed E-state index contributed by atoms with van der Waals surface area (Å²) >= 11 is 0. The molecule has 1 aliphatic rings. The first kappa shape index (κ1) is 18.3. The minimum Gasteiger partial charge on any atom is -0.345 e. The van der Waals surface area contributed by atoms with Crippen LogP contribution in [0.25, 0.3) is 16.6 Å².